The fourth-order valence-corrected chi connectivity index (χ4v) is 4.28. The maximum absolute atomic E-state index is 12.1. The molecule has 10 heteroatoms. The number of hydrogen-bond acceptors (Lipinski definition) is 4. The first-order chi connectivity index (χ1) is 13.6. The number of carbonyl (C=O) groups is 2. The maximum atomic E-state index is 12.1. The van der Waals surface area contributed by atoms with Crippen LogP contribution in [0.1, 0.15) is 29.8 Å². The van der Waals surface area contributed by atoms with E-state index in [-0.39, 0.29) is 18.2 Å². The first-order valence-electron chi connectivity index (χ1n) is 8.44. The van der Waals surface area contributed by atoms with Crippen molar-refractivity contribution in [2.24, 2.45) is 0 Å². The van der Waals surface area contributed by atoms with Gasteiger partial charge in [0, 0.05) is 22.2 Å². The molecule has 0 unspecified atom stereocenters. The number of amides is 1. The van der Waals surface area contributed by atoms with Crippen LogP contribution in [0.5, 0.6) is 5.75 Å². The third-order valence-corrected chi connectivity index (χ3v) is 5.43. The lowest BCUT2D eigenvalue weighted by Gasteiger charge is -2.17. The average Bonchev–Trinajstić information content (AvgIpc) is 2.61. The highest BCUT2D eigenvalue weighted by Crippen LogP contribution is 2.37. The molecule has 6 nitrogen and oxygen atoms in total. The highest BCUT2D eigenvalue weighted by molar-refractivity contribution is 9.11. The second-order valence-corrected chi connectivity index (χ2v) is 8.88. The predicted molar refractivity (Wildman–Crippen MR) is 121 cm³/mol. The lowest BCUT2D eigenvalue weighted by Crippen LogP contribution is -2.29. The molecule has 0 heterocycles. The average molecular weight is 569 g/mol. The van der Waals surface area contributed by atoms with Crippen molar-refractivity contribution in [3.05, 3.63) is 54.4 Å². The fraction of sp³-hybridized carbons (Fsp3) is 0.263. The molecule has 0 atom stereocenters. The van der Waals surface area contributed by atoms with Gasteiger partial charge >= 0.3 is 5.97 Å². The Bertz CT molecular complexity index is 916. The van der Waals surface area contributed by atoms with E-state index in [1.807, 2.05) is 13.8 Å². The SMILES string of the molecule is CC(C)Nc1cc(Cl)cc(COc2c(Br)cc(C(=O)NCC(=O)O)cc2Br)c1Cl. The third kappa shape index (κ3) is 6.77. The molecule has 0 fully saturated rings. The Labute approximate surface area is 195 Å². The molecule has 2 rings (SSSR count). The number of carboxylic acids is 1. The van der Waals surface area contributed by atoms with Crippen molar-refractivity contribution < 1.29 is 19.4 Å². The van der Waals surface area contributed by atoms with E-state index in [2.05, 4.69) is 42.5 Å². The smallest absolute Gasteiger partial charge is 0.322 e. The van der Waals surface area contributed by atoms with Crippen LogP contribution in [-0.2, 0) is 11.4 Å². The Morgan fingerprint density at radius 3 is 2.31 bits per heavy atom. The topological polar surface area (TPSA) is 87.7 Å². The summed E-state index contributed by atoms with van der Waals surface area (Å²) in [6.45, 7) is 3.67. The summed E-state index contributed by atoms with van der Waals surface area (Å²) in [4.78, 5) is 22.7. The molecular formula is C19H18Br2Cl2N2O4. The molecule has 2 aromatic carbocycles. The van der Waals surface area contributed by atoms with Crippen LogP contribution >= 0.6 is 55.1 Å². The van der Waals surface area contributed by atoms with Crippen LogP contribution in [0.2, 0.25) is 10.0 Å². The first kappa shape index (κ1) is 23.8. The normalized spacial score (nSPS) is 10.7. The highest BCUT2D eigenvalue weighted by Gasteiger charge is 2.16. The molecule has 0 saturated heterocycles. The van der Waals surface area contributed by atoms with Crippen molar-refractivity contribution in [2.45, 2.75) is 26.5 Å². The van der Waals surface area contributed by atoms with Crippen molar-refractivity contribution in [2.75, 3.05) is 11.9 Å². The van der Waals surface area contributed by atoms with Gasteiger partial charge in [-0.15, -0.1) is 0 Å². The molecule has 0 bridgehead atoms. The van der Waals surface area contributed by atoms with E-state index < -0.39 is 18.4 Å². The minimum absolute atomic E-state index is 0.147. The summed E-state index contributed by atoms with van der Waals surface area (Å²) in [5.41, 5.74) is 1.70. The number of halogens is 4. The Hall–Kier alpha value is -1.48. The van der Waals surface area contributed by atoms with Crippen LogP contribution in [0, 0.1) is 0 Å². The lowest BCUT2D eigenvalue weighted by molar-refractivity contribution is -0.135. The molecule has 0 spiro atoms. The Balaban J connectivity index is 2.20. The summed E-state index contributed by atoms with van der Waals surface area (Å²) in [6.07, 6.45) is 0. The summed E-state index contributed by atoms with van der Waals surface area (Å²) in [5, 5.41) is 15.3. The van der Waals surface area contributed by atoms with E-state index in [1.54, 1.807) is 24.3 Å². The minimum Gasteiger partial charge on any atom is -0.486 e. The zero-order valence-corrected chi connectivity index (χ0v) is 20.2. The van der Waals surface area contributed by atoms with Crippen molar-refractivity contribution >= 4 is 72.6 Å². The van der Waals surface area contributed by atoms with Gasteiger partial charge in [-0.25, -0.2) is 0 Å². The lowest BCUT2D eigenvalue weighted by atomic mass is 10.2. The summed E-state index contributed by atoms with van der Waals surface area (Å²) in [6, 6.07) is 6.75. The van der Waals surface area contributed by atoms with Gasteiger partial charge in [-0.2, -0.15) is 0 Å². The second-order valence-electron chi connectivity index (χ2n) is 6.36. The molecule has 0 aromatic heterocycles. The van der Waals surface area contributed by atoms with Crippen molar-refractivity contribution in [3.63, 3.8) is 0 Å². The number of nitrogens with one attached hydrogen (secondary N) is 2. The number of benzene rings is 2. The second kappa shape index (κ2) is 10.5. The van der Waals surface area contributed by atoms with Crippen LogP contribution in [0.25, 0.3) is 0 Å². The monoisotopic (exact) mass is 566 g/mol. The van der Waals surface area contributed by atoms with Crippen LogP contribution in [0.15, 0.2) is 33.2 Å². The van der Waals surface area contributed by atoms with Crippen LogP contribution in [-0.4, -0.2) is 29.6 Å². The molecule has 156 valence electrons. The van der Waals surface area contributed by atoms with Gasteiger partial charge in [0.15, 0.2) is 0 Å². The van der Waals surface area contributed by atoms with Gasteiger partial charge < -0.3 is 20.5 Å². The predicted octanol–water partition coefficient (Wildman–Crippen LogP) is 5.73. The number of aliphatic carboxylic acids is 1. The molecule has 0 saturated carbocycles. The molecule has 0 radical (unpaired) electrons. The van der Waals surface area contributed by atoms with Crippen LogP contribution in [0.3, 0.4) is 0 Å². The molecule has 3 N–H and O–H groups in total. The molecule has 2 aromatic rings. The summed E-state index contributed by atoms with van der Waals surface area (Å²) in [7, 11) is 0. The van der Waals surface area contributed by atoms with Gasteiger partial charge in [-0.05, 0) is 70.0 Å². The third-order valence-electron chi connectivity index (χ3n) is 3.59. The highest BCUT2D eigenvalue weighted by atomic mass is 79.9. The summed E-state index contributed by atoms with van der Waals surface area (Å²) >= 11 is 19.4. The standard InChI is InChI=1S/C19H18Br2Cl2N2O4/c1-9(2)25-15-6-12(22)3-11(17(15)23)8-29-18-13(20)4-10(5-14(18)21)19(28)24-7-16(26)27/h3-6,9,25H,7-8H2,1-2H3,(H,24,28)(H,26,27). The molecular weight excluding hydrogens is 551 g/mol. The Morgan fingerprint density at radius 2 is 1.76 bits per heavy atom. The fourth-order valence-electron chi connectivity index (χ4n) is 2.40. The number of anilines is 1. The minimum atomic E-state index is -1.12. The van der Waals surface area contributed by atoms with Crippen molar-refractivity contribution in [1.29, 1.82) is 0 Å². The number of carbonyl (C=O) groups excluding carboxylic acids is 1. The van der Waals surface area contributed by atoms with E-state index in [0.29, 0.717) is 30.3 Å². The summed E-state index contributed by atoms with van der Waals surface area (Å²) in [5.74, 6) is -1.17. The molecule has 0 aliphatic heterocycles. The van der Waals surface area contributed by atoms with Gasteiger partial charge in [0.25, 0.3) is 5.91 Å². The number of carboxylic acid groups (broad SMARTS) is 1. The number of rotatable bonds is 8. The maximum Gasteiger partial charge on any atom is 0.322 e. The van der Waals surface area contributed by atoms with Crippen LogP contribution in [0.4, 0.5) is 5.69 Å². The molecule has 1 amide bonds. The largest absolute Gasteiger partial charge is 0.486 e. The van der Waals surface area contributed by atoms with Gasteiger partial charge in [0.05, 0.1) is 19.7 Å². The van der Waals surface area contributed by atoms with Crippen molar-refractivity contribution in [3.8, 4) is 5.75 Å². The molecule has 0 aliphatic carbocycles. The van der Waals surface area contributed by atoms with Gasteiger partial charge in [-0.3, -0.25) is 9.59 Å². The van der Waals surface area contributed by atoms with Gasteiger partial charge in [-0.1, -0.05) is 23.2 Å². The number of ether oxygens (including phenoxy) is 1. The zero-order chi connectivity index (χ0) is 21.7. The van der Waals surface area contributed by atoms with Gasteiger partial charge in [0.2, 0.25) is 0 Å². The zero-order valence-electron chi connectivity index (χ0n) is 15.5. The molecule has 0 aliphatic rings. The van der Waals surface area contributed by atoms with E-state index in [4.69, 9.17) is 33.0 Å². The number of hydrogen-bond donors (Lipinski definition) is 3. The van der Waals surface area contributed by atoms with Gasteiger partial charge in [0.1, 0.15) is 18.9 Å². The summed E-state index contributed by atoms with van der Waals surface area (Å²) < 4.78 is 6.93. The quantitative estimate of drug-likeness (QED) is 0.378. The van der Waals surface area contributed by atoms with Crippen LogP contribution < -0.4 is 15.4 Å². The van der Waals surface area contributed by atoms with E-state index in [0.717, 1.165) is 5.69 Å². The first-order valence-corrected chi connectivity index (χ1v) is 10.8. The van der Waals surface area contributed by atoms with E-state index in [9.17, 15) is 9.59 Å². The van der Waals surface area contributed by atoms with E-state index >= 15 is 0 Å². The van der Waals surface area contributed by atoms with E-state index in [1.165, 1.54) is 0 Å². The van der Waals surface area contributed by atoms with Crippen molar-refractivity contribution in [1.82, 2.24) is 5.32 Å². The Morgan fingerprint density at radius 1 is 1.14 bits per heavy atom. The Kier molecular flexibility index (Phi) is 8.63. The molecule has 29 heavy (non-hydrogen) atoms.